The summed E-state index contributed by atoms with van der Waals surface area (Å²) >= 11 is 0. The van der Waals surface area contributed by atoms with Gasteiger partial charge in [-0.2, -0.15) is 0 Å². The zero-order valence-electron chi connectivity index (χ0n) is 11.1. The molecular weight excluding hydrogens is 218 g/mol. The van der Waals surface area contributed by atoms with Crippen LogP contribution >= 0.6 is 0 Å². The second-order valence-corrected chi connectivity index (χ2v) is 5.46. The van der Waals surface area contributed by atoms with Gasteiger partial charge in [-0.15, -0.1) is 0 Å². The number of aliphatic hydroxyl groups excluding tert-OH is 1. The van der Waals surface area contributed by atoms with E-state index in [4.69, 9.17) is 4.42 Å². The van der Waals surface area contributed by atoms with Crippen molar-refractivity contribution >= 4 is 5.91 Å². The van der Waals surface area contributed by atoms with Crippen LogP contribution in [0, 0.1) is 19.3 Å². The Balaban J connectivity index is 2.60. The SMILES string of the molecule is Cc1cc(C)c(C(=O)NCC(O)C(C)(C)C)o1. The fourth-order valence-electron chi connectivity index (χ4n) is 1.44. The predicted molar refractivity (Wildman–Crippen MR) is 66.0 cm³/mol. The van der Waals surface area contributed by atoms with Gasteiger partial charge in [0.1, 0.15) is 5.76 Å². The fourth-order valence-corrected chi connectivity index (χ4v) is 1.44. The Labute approximate surface area is 102 Å². The number of carbonyl (C=O) groups is 1. The Bertz CT molecular complexity index is 401. The molecule has 0 spiro atoms. The Hall–Kier alpha value is -1.29. The molecule has 1 aromatic heterocycles. The molecule has 1 unspecified atom stereocenters. The van der Waals surface area contributed by atoms with Crippen LogP contribution in [-0.4, -0.2) is 23.7 Å². The predicted octanol–water partition coefficient (Wildman–Crippen LogP) is 2.03. The number of hydrogen-bond donors (Lipinski definition) is 2. The highest BCUT2D eigenvalue weighted by atomic mass is 16.3. The fraction of sp³-hybridized carbons (Fsp3) is 0.615. The van der Waals surface area contributed by atoms with Crippen molar-refractivity contribution in [3.63, 3.8) is 0 Å². The third-order valence-electron chi connectivity index (χ3n) is 2.70. The maximum absolute atomic E-state index is 11.8. The van der Waals surface area contributed by atoms with Crippen LogP contribution in [0.3, 0.4) is 0 Å². The lowest BCUT2D eigenvalue weighted by atomic mass is 9.89. The molecule has 0 bridgehead atoms. The number of furan rings is 1. The highest BCUT2D eigenvalue weighted by Crippen LogP contribution is 2.18. The van der Waals surface area contributed by atoms with E-state index in [2.05, 4.69) is 5.32 Å². The molecule has 0 radical (unpaired) electrons. The molecule has 2 N–H and O–H groups in total. The van der Waals surface area contributed by atoms with E-state index in [9.17, 15) is 9.90 Å². The van der Waals surface area contributed by atoms with E-state index in [0.29, 0.717) is 11.5 Å². The third kappa shape index (κ3) is 3.60. The van der Waals surface area contributed by atoms with Crippen LogP contribution in [0.4, 0.5) is 0 Å². The monoisotopic (exact) mass is 239 g/mol. The van der Waals surface area contributed by atoms with Gasteiger partial charge in [0, 0.05) is 12.1 Å². The van der Waals surface area contributed by atoms with Crippen molar-refractivity contribution in [2.45, 2.75) is 40.7 Å². The zero-order chi connectivity index (χ0) is 13.2. The van der Waals surface area contributed by atoms with Crippen molar-refractivity contribution in [2.24, 2.45) is 5.41 Å². The van der Waals surface area contributed by atoms with Crippen LogP contribution in [0.5, 0.6) is 0 Å². The van der Waals surface area contributed by atoms with Crippen molar-refractivity contribution in [3.8, 4) is 0 Å². The van der Waals surface area contributed by atoms with Gasteiger partial charge >= 0.3 is 0 Å². The number of nitrogens with one attached hydrogen (secondary N) is 1. The molecule has 4 nitrogen and oxygen atoms in total. The average molecular weight is 239 g/mol. The van der Waals surface area contributed by atoms with Gasteiger partial charge in [-0.25, -0.2) is 0 Å². The maximum atomic E-state index is 11.8. The normalized spacial score (nSPS) is 13.5. The number of carbonyl (C=O) groups excluding carboxylic acids is 1. The number of aliphatic hydroxyl groups is 1. The molecule has 96 valence electrons. The van der Waals surface area contributed by atoms with Crippen LogP contribution in [0.2, 0.25) is 0 Å². The highest BCUT2D eigenvalue weighted by molar-refractivity contribution is 5.92. The molecule has 0 aliphatic heterocycles. The van der Waals surface area contributed by atoms with Gasteiger partial charge in [0.25, 0.3) is 5.91 Å². The van der Waals surface area contributed by atoms with Gasteiger partial charge in [0.2, 0.25) is 0 Å². The van der Waals surface area contributed by atoms with Crippen molar-refractivity contribution in [1.82, 2.24) is 5.32 Å². The lowest BCUT2D eigenvalue weighted by Crippen LogP contribution is -2.39. The molecule has 1 amide bonds. The molecule has 4 heteroatoms. The minimum absolute atomic E-state index is 0.224. The molecule has 0 aliphatic rings. The molecule has 0 fully saturated rings. The topological polar surface area (TPSA) is 62.5 Å². The van der Waals surface area contributed by atoms with Gasteiger partial charge in [0.15, 0.2) is 5.76 Å². The Morgan fingerprint density at radius 1 is 1.47 bits per heavy atom. The number of amides is 1. The summed E-state index contributed by atoms with van der Waals surface area (Å²) in [7, 11) is 0. The maximum Gasteiger partial charge on any atom is 0.287 e. The zero-order valence-corrected chi connectivity index (χ0v) is 11.1. The van der Waals surface area contributed by atoms with E-state index in [1.165, 1.54) is 0 Å². The van der Waals surface area contributed by atoms with E-state index in [-0.39, 0.29) is 17.9 Å². The summed E-state index contributed by atoms with van der Waals surface area (Å²) in [6, 6.07) is 1.81. The summed E-state index contributed by atoms with van der Waals surface area (Å²) < 4.78 is 5.30. The van der Waals surface area contributed by atoms with Crippen LogP contribution in [0.15, 0.2) is 10.5 Å². The second-order valence-electron chi connectivity index (χ2n) is 5.46. The van der Waals surface area contributed by atoms with Crippen molar-refractivity contribution in [3.05, 3.63) is 23.2 Å². The number of aryl methyl sites for hydroxylation is 2. The van der Waals surface area contributed by atoms with Gasteiger partial charge in [-0.1, -0.05) is 20.8 Å². The van der Waals surface area contributed by atoms with E-state index in [0.717, 1.165) is 5.56 Å². The average Bonchev–Trinajstić information content (AvgIpc) is 2.52. The lowest BCUT2D eigenvalue weighted by Gasteiger charge is -2.25. The van der Waals surface area contributed by atoms with Crippen molar-refractivity contribution < 1.29 is 14.3 Å². The molecule has 0 aromatic carbocycles. The first kappa shape index (κ1) is 13.8. The van der Waals surface area contributed by atoms with Gasteiger partial charge < -0.3 is 14.8 Å². The van der Waals surface area contributed by atoms with E-state index in [1.807, 2.05) is 33.8 Å². The first-order valence-electron chi connectivity index (χ1n) is 5.75. The molecule has 0 saturated heterocycles. The third-order valence-corrected chi connectivity index (χ3v) is 2.70. The first-order chi connectivity index (χ1) is 7.71. The summed E-state index contributed by atoms with van der Waals surface area (Å²) in [5.74, 6) is 0.756. The summed E-state index contributed by atoms with van der Waals surface area (Å²) in [6.45, 7) is 9.62. The molecule has 17 heavy (non-hydrogen) atoms. The van der Waals surface area contributed by atoms with E-state index >= 15 is 0 Å². The quantitative estimate of drug-likeness (QED) is 0.848. The van der Waals surface area contributed by atoms with Crippen LogP contribution < -0.4 is 5.32 Å². The Kier molecular flexibility index (Phi) is 3.98. The van der Waals surface area contributed by atoms with Crippen molar-refractivity contribution in [2.75, 3.05) is 6.54 Å². The standard InChI is InChI=1S/C13H21NO3/c1-8-6-9(2)17-11(8)12(16)14-7-10(15)13(3,4)5/h6,10,15H,7H2,1-5H3,(H,14,16). The molecule has 1 heterocycles. The first-order valence-corrected chi connectivity index (χ1v) is 5.75. The minimum Gasteiger partial charge on any atom is -0.456 e. The number of hydrogen-bond acceptors (Lipinski definition) is 3. The van der Waals surface area contributed by atoms with Gasteiger partial charge in [0.05, 0.1) is 6.10 Å². The summed E-state index contributed by atoms with van der Waals surface area (Å²) in [5.41, 5.74) is 0.562. The molecule has 1 rings (SSSR count). The largest absolute Gasteiger partial charge is 0.456 e. The second kappa shape index (κ2) is 4.92. The molecule has 1 atom stereocenters. The van der Waals surface area contributed by atoms with Crippen LogP contribution in [0.1, 0.15) is 42.6 Å². The van der Waals surface area contributed by atoms with Crippen LogP contribution in [0.25, 0.3) is 0 Å². The smallest absolute Gasteiger partial charge is 0.287 e. The van der Waals surface area contributed by atoms with E-state index in [1.54, 1.807) is 6.92 Å². The summed E-state index contributed by atoms with van der Waals surface area (Å²) in [6.07, 6.45) is -0.581. The molecule has 0 saturated carbocycles. The van der Waals surface area contributed by atoms with Crippen LogP contribution in [-0.2, 0) is 0 Å². The molecule has 0 aliphatic carbocycles. The Morgan fingerprint density at radius 2 is 2.06 bits per heavy atom. The lowest BCUT2D eigenvalue weighted by molar-refractivity contribution is 0.0578. The highest BCUT2D eigenvalue weighted by Gasteiger charge is 2.23. The van der Waals surface area contributed by atoms with E-state index < -0.39 is 6.10 Å². The van der Waals surface area contributed by atoms with Gasteiger partial charge in [-0.3, -0.25) is 4.79 Å². The van der Waals surface area contributed by atoms with Gasteiger partial charge in [-0.05, 0) is 25.3 Å². The van der Waals surface area contributed by atoms with Crippen molar-refractivity contribution in [1.29, 1.82) is 0 Å². The molecular formula is C13H21NO3. The Morgan fingerprint density at radius 3 is 2.47 bits per heavy atom. The minimum atomic E-state index is -0.581. The summed E-state index contributed by atoms with van der Waals surface area (Å²) in [5, 5.41) is 12.5. The molecule has 1 aromatic rings. The summed E-state index contributed by atoms with van der Waals surface area (Å²) in [4.78, 5) is 11.8. The number of rotatable bonds is 3.